The van der Waals surface area contributed by atoms with Crippen molar-refractivity contribution in [2.75, 3.05) is 11.1 Å². The van der Waals surface area contributed by atoms with Crippen LogP contribution in [0.4, 0.5) is 11.4 Å². The summed E-state index contributed by atoms with van der Waals surface area (Å²) >= 11 is 0. The molecular formula is C17H26N2O. The summed E-state index contributed by atoms with van der Waals surface area (Å²) < 4.78 is 0. The van der Waals surface area contributed by atoms with Crippen LogP contribution in [0.1, 0.15) is 46.5 Å². The second kappa shape index (κ2) is 5.86. The fourth-order valence-corrected chi connectivity index (χ4v) is 3.03. The molecule has 0 unspecified atom stereocenters. The fraction of sp³-hybridized carbons (Fsp3) is 0.588. The number of benzene rings is 1. The smallest absolute Gasteiger partial charge is 0.227 e. The first kappa shape index (κ1) is 14.9. The van der Waals surface area contributed by atoms with E-state index in [0.717, 1.165) is 37.3 Å². The molecule has 3 heteroatoms. The highest BCUT2D eigenvalue weighted by Gasteiger charge is 2.32. The van der Waals surface area contributed by atoms with Gasteiger partial charge >= 0.3 is 0 Å². The molecule has 3 N–H and O–H groups in total. The Balaban J connectivity index is 1.87. The molecule has 1 fully saturated rings. The predicted molar refractivity (Wildman–Crippen MR) is 84.4 cm³/mol. The molecule has 0 radical (unpaired) electrons. The second-order valence-corrected chi connectivity index (χ2v) is 7.03. The molecule has 1 aliphatic carbocycles. The molecule has 1 aromatic carbocycles. The Morgan fingerprint density at radius 3 is 2.15 bits per heavy atom. The molecule has 1 aromatic rings. The first-order valence-electron chi connectivity index (χ1n) is 7.52. The van der Waals surface area contributed by atoms with Gasteiger partial charge in [-0.3, -0.25) is 4.79 Å². The van der Waals surface area contributed by atoms with Crippen molar-refractivity contribution < 1.29 is 4.79 Å². The van der Waals surface area contributed by atoms with E-state index in [4.69, 9.17) is 5.73 Å². The van der Waals surface area contributed by atoms with Gasteiger partial charge in [-0.2, -0.15) is 0 Å². The van der Waals surface area contributed by atoms with Crippen LogP contribution in [-0.2, 0) is 4.79 Å². The van der Waals surface area contributed by atoms with E-state index >= 15 is 0 Å². The maximum Gasteiger partial charge on any atom is 0.227 e. The normalized spacial score (nSPS) is 23.4. The standard InChI is InChI=1S/C17H26N2O/c1-17(2,3)13-6-4-12(5-7-13)16(20)19-15-10-8-14(18)9-11-15/h8-13H,4-7,18H2,1-3H3,(H,19,20). The van der Waals surface area contributed by atoms with E-state index in [1.54, 1.807) is 0 Å². The van der Waals surface area contributed by atoms with Gasteiger partial charge in [0.1, 0.15) is 0 Å². The van der Waals surface area contributed by atoms with E-state index in [-0.39, 0.29) is 11.8 Å². The van der Waals surface area contributed by atoms with Crippen molar-refractivity contribution in [2.24, 2.45) is 17.3 Å². The minimum atomic E-state index is 0.155. The quantitative estimate of drug-likeness (QED) is 0.799. The number of hydrogen-bond donors (Lipinski definition) is 2. The average molecular weight is 274 g/mol. The van der Waals surface area contributed by atoms with Crippen LogP contribution < -0.4 is 11.1 Å². The lowest BCUT2D eigenvalue weighted by Gasteiger charge is -2.36. The Labute approximate surface area is 121 Å². The molecule has 1 aliphatic rings. The van der Waals surface area contributed by atoms with E-state index in [9.17, 15) is 4.79 Å². The highest BCUT2D eigenvalue weighted by atomic mass is 16.1. The molecule has 20 heavy (non-hydrogen) atoms. The highest BCUT2D eigenvalue weighted by Crippen LogP contribution is 2.40. The lowest BCUT2D eigenvalue weighted by molar-refractivity contribution is -0.121. The molecule has 0 aromatic heterocycles. The number of rotatable bonds is 2. The molecule has 0 atom stereocenters. The number of hydrogen-bond acceptors (Lipinski definition) is 2. The highest BCUT2D eigenvalue weighted by molar-refractivity contribution is 5.92. The molecule has 0 heterocycles. The fourth-order valence-electron chi connectivity index (χ4n) is 3.03. The molecule has 0 aliphatic heterocycles. The summed E-state index contributed by atoms with van der Waals surface area (Å²) in [5.41, 5.74) is 7.55. The molecule has 110 valence electrons. The number of anilines is 2. The van der Waals surface area contributed by atoms with Gasteiger partial charge in [-0.15, -0.1) is 0 Å². The molecule has 3 nitrogen and oxygen atoms in total. The van der Waals surface area contributed by atoms with Crippen LogP contribution in [0.2, 0.25) is 0 Å². The Bertz CT molecular complexity index is 451. The van der Waals surface area contributed by atoms with Crippen LogP contribution in [0.3, 0.4) is 0 Å². The summed E-state index contributed by atoms with van der Waals surface area (Å²) in [5.74, 6) is 1.05. The third kappa shape index (κ3) is 3.75. The second-order valence-electron chi connectivity index (χ2n) is 7.03. The summed E-state index contributed by atoms with van der Waals surface area (Å²) in [5, 5.41) is 3.00. The number of carbonyl (C=O) groups excluding carboxylic acids is 1. The van der Waals surface area contributed by atoms with Crippen LogP contribution >= 0.6 is 0 Å². The number of nitrogen functional groups attached to an aromatic ring is 1. The summed E-state index contributed by atoms with van der Waals surface area (Å²) in [6, 6.07) is 7.33. The van der Waals surface area contributed by atoms with E-state index < -0.39 is 0 Å². The molecule has 0 saturated heterocycles. The van der Waals surface area contributed by atoms with Crippen LogP contribution in [0.5, 0.6) is 0 Å². The van der Waals surface area contributed by atoms with Gasteiger partial charge in [0.15, 0.2) is 0 Å². The summed E-state index contributed by atoms with van der Waals surface area (Å²) in [6.45, 7) is 6.89. The van der Waals surface area contributed by atoms with Gasteiger partial charge in [0.25, 0.3) is 0 Å². The zero-order chi connectivity index (χ0) is 14.8. The monoisotopic (exact) mass is 274 g/mol. The predicted octanol–water partition coefficient (Wildman–Crippen LogP) is 4.06. The molecule has 1 amide bonds. The number of nitrogens with one attached hydrogen (secondary N) is 1. The van der Waals surface area contributed by atoms with Crippen molar-refractivity contribution >= 4 is 17.3 Å². The Kier molecular flexibility index (Phi) is 4.36. The third-order valence-electron chi connectivity index (χ3n) is 4.50. The minimum Gasteiger partial charge on any atom is -0.399 e. The Hall–Kier alpha value is -1.51. The van der Waals surface area contributed by atoms with Gasteiger partial charge in [0, 0.05) is 17.3 Å². The number of nitrogens with two attached hydrogens (primary N) is 1. The van der Waals surface area contributed by atoms with Crippen molar-refractivity contribution in [1.82, 2.24) is 0 Å². The van der Waals surface area contributed by atoms with Crippen molar-refractivity contribution in [3.05, 3.63) is 24.3 Å². The zero-order valence-corrected chi connectivity index (χ0v) is 12.8. The molecule has 1 saturated carbocycles. The Morgan fingerprint density at radius 1 is 1.10 bits per heavy atom. The van der Waals surface area contributed by atoms with Crippen molar-refractivity contribution in [1.29, 1.82) is 0 Å². The summed E-state index contributed by atoms with van der Waals surface area (Å²) in [4.78, 5) is 12.3. The van der Waals surface area contributed by atoms with E-state index in [2.05, 4.69) is 26.1 Å². The molecule has 0 bridgehead atoms. The van der Waals surface area contributed by atoms with E-state index in [1.807, 2.05) is 24.3 Å². The Morgan fingerprint density at radius 2 is 1.65 bits per heavy atom. The van der Waals surface area contributed by atoms with Gasteiger partial charge in [-0.1, -0.05) is 20.8 Å². The van der Waals surface area contributed by atoms with Gasteiger partial charge in [-0.05, 0) is 61.3 Å². The van der Waals surface area contributed by atoms with Crippen LogP contribution in [0, 0.1) is 17.3 Å². The number of amides is 1. The third-order valence-corrected chi connectivity index (χ3v) is 4.50. The van der Waals surface area contributed by atoms with Crippen LogP contribution in [-0.4, -0.2) is 5.91 Å². The zero-order valence-electron chi connectivity index (χ0n) is 12.8. The lowest BCUT2D eigenvalue weighted by atomic mass is 9.69. The minimum absolute atomic E-state index is 0.155. The van der Waals surface area contributed by atoms with Gasteiger partial charge < -0.3 is 11.1 Å². The number of carbonyl (C=O) groups is 1. The first-order chi connectivity index (χ1) is 9.36. The molecule has 0 spiro atoms. The molecule has 2 rings (SSSR count). The van der Waals surface area contributed by atoms with E-state index in [1.165, 1.54) is 0 Å². The summed E-state index contributed by atoms with van der Waals surface area (Å²) in [7, 11) is 0. The van der Waals surface area contributed by atoms with Crippen LogP contribution in [0.25, 0.3) is 0 Å². The van der Waals surface area contributed by atoms with Crippen molar-refractivity contribution in [3.8, 4) is 0 Å². The van der Waals surface area contributed by atoms with E-state index in [0.29, 0.717) is 11.1 Å². The lowest BCUT2D eigenvalue weighted by Crippen LogP contribution is -2.31. The van der Waals surface area contributed by atoms with Gasteiger partial charge in [0.05, 0.1) is 0 Å². The molecular weight excluding hydrogens is 248 g/mol. The van der Waals surface area contributed by atoms with Crippen LogP contribution in [0.15, 0.2) is 24.3 Å². The summed E-state index contributed by atoms with van der Waals surface area (Å²) in [6.07, 6.45) is 4.32. The maximum absolute atomic E-state index is 12.3. The largest absolute Gasteiger partial charge is 0.399 e. The SMILES string of the molecule is CC(C)(C)C1CCC(C(=O)Nc2ccc(N)cc2)CC1. The van der Waals surface area contributed by atoms with Crippen molar-refractivity contribution in [3.63, 3.8) is 0 Å². The topological polar surface area (TPSA) is 55.1 Å². The van der Waals surface area contributed by atoms with Gasteiger partial charge in [-0.25, -0.2) is 0 Å². The average Bonchev–Trinajstić information content (AvgIpc) is 2.40. The van der Waals surface area contributed by atoms with Gasteiger partial charge in [0.2, 0.25) is 5.91 Å². The van der Waals surface area contributed by atoms with Crippen molar-refractivity contribution in [2.45, 2.75) is 46.5 Å². The first-order valence-corrected chi connectivity index (χ1v) is 7.52. The maximum atomic E-state index is 12.3.